The smallest absolute Gasteiger partial charge is 0.267 e. The lowest BCUT2D eigenvalue weighted by Gasteiger charge is -2.23. The average molecular weight is 276 g/mol. The molecule has 0 spiro atoms. The third-order valence-electron chi connectivity index (χ3n) is 2.64. The van der Waals surface area contributed by atoms with Crippen LogP contribution in [0.2, 0.25) is 0 Å². The Morgan fingerprint density at radius 1 is 0.947 bits per heavy atom. The normalized spacial score (nSPS) is 11.0. The van der Waals surface area contributed by atoms with Gasteiger partial charge < -0.3 is 0 Å². The van der Waals surface area contributed by atoms with Crippen LogP contribution in [0, 0.1) is 0 Å². The highest BCUT2D eigenvalue weighted by Crippen LogP contribution is 2.19. The van der Waals surface area contributed by atoms with Crippen LogP contribution < -0.4 is 9.03 Å². The van der Waals surface area contributed by atoms with Gasteiger partial charge >= 0.3 is 10.2 Å². The lowest BCUT2D eigenvalue weighted by Crippen LogP contribution is -2.35. The minimum atomic E-state index is -3.60. The number of hydrogen-bond donors (Lipinski definition) is 1. The molecule has 19 heavy (non-hydrogen) atoms. The van der Waals surface area contributed by atoms with Crippen LogP contribution in [-0.2, 0) is 10.2 Å². The molecule has 0 fully saturated rings. The molecule has 0 aliphatic rings. The summed E-state index contributed by atoms with van der Waals surface area (Å²) in [5.74, 6) is 0. The molecule has 2 aromatic carbocycles. The van der Waals surface area contributed by atoms with Gasteiger partial charge in [0.25, 0.3) is 0 Å². The number of para-hydroxylation sites is 2. The lowest BCUT2D eigenvalue weighted by atomic mass is 10.3. The van der Waals surface area contributed by atoms with Crippen LogP contribution in [0.3, 0.4) is 0 Å². The molecule has 2 rings (SSSR count). The zero-order valence-corrected chi connectivity index (χ0v) is 11.5. The first-order chi connectivity index (χ1) is 9.13. The highest BCUT2D eigenvalue weighted by Gasteiger charge is 2.20. The van der Waals surface area contributed by atoms with Gasteiger partial charge in [-0.3, -0.25) is 9.03 Å². The summed E-state index contributed by atoms with van der Waals surface area (Å²) >= 11 is 0. The van der Waals surface area contributed by atoms with Gasteiger partial charge in [0.05, 0.1) is 11.4 Å². The third kappa shape index (κ3) is 3.26. The maximum atomic E-state index is 12.3. The van der Waals surface area contributed by atoms with Crippen molar-refractivity contribution in [2.75, 3.05) is 15.6 Å². The predicted molar refractivity (Wildman–Crippen MR) is 78.4 cm³/mol. The molecule has 0 aromatic heterocycles. The second-order valence-electron chi connectivity index (χ2n) is 3.97. The Morgan fingerprint density at radius 3 is 2.00 bits per heavy atom. The summed E-state index contributed by atoms with van der Waals surface area (Å²) in [6, 6.07) is 17.9. The molecule has 100 valence electrons. The molecule has 0 unspecified atom stereocenters. The zero-order valence-electron chi connectivity index (χ0n) is 10.7. The van der Waals surface area contributed by atoms with Crippen LogP contribution in [0.25, 0.3) is 0 Å². The van der Waals surface area contributed by atoms with E-state index in [0.717, 1.165) is 0 Å². The molecule has 0 aliphatic carbocycles. The van der Waals surface area contributed by atoms with E-state index in [9.17, 15) is 8.42 Å². The Hall–Kier alpha value is -2.01. The Kier molecular flexibility index (Phi) is 4.06. The van der Waals surface area contributed by atoms with Crippen molar-refractivity contribution >= 4 is 21.6 Å². The summed E-state index contributed by atoms with van der Waals surface area (Å²) in [5, 5.41) is 0. The van der Waals surface area contributed by atoms with E-state index >= 15 is 0 Å². The summed E-state index contributed by atoms with van der Waals surface area (Å²) < 4.78 is 28.6. The van der Waals surface area contributed by atoms with Crippen molar-refractivity contribution in [1.29, 1.82) is 0 Å². The second-order valence-corrected chi connectivity index (χ2v) is 5.57. The maximum Gasteiger partial charge on any atom is 0.323 e. The minimum absolute atomic E-state index is 0.367. The van der Waals surface area contributed by atoms with Crippen LogP contribution in [0.4, 0.5) is 11.4 Å². The molecule has 0 saturated carbocycles. The number of hydrogen-bond acceptors (Lipinski definition) is 2. The van der Waals surface area contributed by atoms with E-state index in [1.54, 1.807) is 43.3 Å². The monoisotopic (exact) mass is 276 g/mol. The van der Waals surface area contributed by atoms with E-state index < -0.39 is 10.2 Å². The van der Waals surface area contributed by atoms with E-state index in [1.165, 1.54) is 4.31 Å². The Labute approximate surface area is 113 Å². The summed E-state index contributed by atoms with van der Waals surface area (Å²) in [7, 11) is -3.60. The maximum absolute atomic E-state index is 12.3. The largest absolute Gasteiger partial charge is 0.323 e. The van der Waals surface area contributed by atoms with Gasteiger partial charge in [0.15, 0.2) is 0 Å². The molecule has 0 saturated heterocycles. The molecule has 0 radical (unpaired) electrons. The third-order valence-corrected chi connectivity index (χ3v) is 4.19. The first kappa shape index (κ1) is 13.4. The summed E-state index contributed by atoms with van der Waals surface area (Å²) in [5.41, 5.74) is 1.20. The molecule has 4 nitrogen and oxygen atoms in total. The quantitative estimate of drug-likeness (QED) is 0.913. The number of anilines is 2. The minimum Gasteiger partial charge on any atom is -0.267 e. The Balaban J connectivity index is 2.27. The van der Waals surface area contributed by atoms with E-state index in [4.69, 9.17) is 0 Å². The van der Waals surface area contributed by atoms with Crippen molar-refractivity contribution in [3.05, 3.63) is 60.7 Å². The van der Waals surface area contributed by atoms with Crippen molar-refractivity contribution in [2.24, 2.45) is 0 Å². The van der Waals surface area contributed by atoms with Crippen LogP contribution in [-0.4, -0.2) is 15.0 Å². The van der Waals surface area contributed by atoms with E-state index in [2.05, 4.69) is 4.72 Å². The molecule has 5 heteroatoms. The van der Waals surface area contributed by atoms with Crippen LogP contribution in [0.15, 0.2) is 60.7 Å². The lowest BCUT2D eigenvalue weighted by molar-refractivity contribution is 0.597. The molecule has 0 heterocycles. The first-order valence-electron chi connectivity index (χ1n) is 6.04. The molecule has 0 bridgehead atoms. The molecule has 2 aromatic rings. The van der Waals surface area contributed by atoms with E-state index in [1.807, 2.05) is 24.3 Å². The van der Waals surface area contributed by atoms with Crippen molar-refractivity contribution in [1.82, 2.24) is 0 Å². The fraction of sp³-hybridized carbons (Fsp3) is 0.143. The number of rotatable bonds is 5. The van der Waals surface area contributed by atoms with Crippen LogP contribution in [0.5, 0.6) is 0 Å². The van der Waals surface area contributed by atoms with Gasteiger partial charge in [0.2, 0.25) is 0 Å². The van der Waals surface area contributed by atoms with Gasteiger partial charge in [0, 0.05) is 6.54 Å². The molecule has 0 amide bonds. The van der Waals surface area contributed by atoms with Crippen molar-refractivity contribution in [2.45, 2.75) is 6.92 Å². The average Bonchev–Trinajstić information content (AvgIpc) is 2.41. The molecule has 1 N–H and O–H groups in total. The summed E-state index contributed by atoms with van der Waals surface area (Å²) in [4.78, 5) is 0. The first-order valence-corrected chi connectivity index (χ1v) is 7.48. The SMILES string of the molecule is CCN(c1ccccc1)S(=O)(=O)Nc1ccccc1. The van der Waals surface area contributed by atoms with Crippen LogP contribution in [0.1, 0.15) is 6.92 Å². The predicted octanol–water partition coefficient (Wildman–Crippen LogP) is 2.87. The number of nitrogens with zero attached hydrogens (tertiary/aromatic N) is 1. The topological polar surface area (TPSA) is 49.4 Å². The molecule has 0 aliphatic heterocycles. The standard InChI is InChI=1S/C14H16N2O2S/c1-2-16(14-11-7-4-8-12-14)19(17,18)15-13-9-5-3-6-10-13/h3-12,15H,2H2,1H3. The van der Waals surface area contributed by atoms with Crippen molar-refractivity contribution in [3.8, 4) is 0 Å². The summed E-state index contributed by atoms with van der Waals surface area (Å²) in [6.07, 6.45) is 0. The van der Waals surface area contributed by atoms with Crippen molar-refractivity contribution < 1.29 is 8.42 Å². The highest BCUT2D eigenvalue weighted by atomic mass is 32.2. The van der Waals surface area contributed by atoms with E-state index in [0.29, 0.717) is 17.9 Å². The van der Waals surface area contributed by atoms with Gasteiger partial charge in [-0.1, -0.05) is 36.4 Å². The molecular weight excluding hydrogens is 260 g/mol. The van der Waals surface area contributed by atoms with Gasteiger partial charge in [-0.05, 0) is 31.2 Å². The Morgan fingerprint density at radius 2 is 1.47 bits per heavy atom. The van der Waals surface area contributed by atoms with Gasteiger partial charge in [0.1, 0.15) is 0 Å². The number of benzene rings is 2. The summed E-state index contributed by atoms with van der Waals surface area (Å²) in [6.45, 7) is 2.17. The van der Waals surface area contributed by atoms with Gasteiger partial charge in [-0.25, -0.2) is 0 Å². The molecular formula is C14H16N2O2S. The van der Waals surface area contributed by atoms with E-state index in [-0.39, 0.29) is 0 Å². The fourth-order valence-electron chi connectivity index (χ4n) is 1.80. The molecule has 0 atom stereocenters. The second kappa shape index (κ2) is 5.75. The highest BCUT2D eigenvalue weighted by molar-refractivity contribution is 7.94. The fourth-order valence-corrected chi connectivity index (χ4v) is 3.08. The number of nitrogens with one attached hydrogen (secondary N) is 1. The van der Waals surface area contributed by atoms with Gasteiger partial charge in [-0.2, -0.15) is 8.42 Å². The Bertz CT molecular complexity index is 612. The van der Waals surface area contributed by atoms with Crippen molar-refractivity contribution in [3.63, 3.8) is 0 Å². The van der Waals surface area contributed by atoms with Gasteiger partial charge in [-0.15, -0.1) is 0 Å². The zero-order chi connectivity index (χ0) is 13.7. The van der Waals surface area contributed by atoms with Crippen LogP contribution >= 0.6 is 0 Å².